The van der Waals surface area contributed by atoms with Gasteiger partial charge in [0.05, 0.1) is 13.0 Å². The van der Waals surface area contributed by atoms with E-state index in [4.69, 9.17) is 10.5 Å². The van der Waals surface area contributed by atoms with Crippen molar-refractivity contribution in [3.63, 3.8) is 0 Å². The Labute approximate surface area is 216 Å². The molecule has 3 rings (SSSR count). The number of nitrogens with two attached hydrogens (primary N) is 1. The fraction of sp³-hybridized carbons (Fsp3) is 0.276. The van der Waals surface area contributed by atoms with Gasteiger partial charge in [0.1, 0.15) is 17.5 Å². The van der Waals surface area contributed by atoms with Gasteiger partial charge in [-0.25, -0.2) is 4.79 Å². The molecule has 8 nitrogen and oxygen atoms in total. The monoisotopic (exact) mass is 503 g/mol. The van der Waals surface area contributed by atoms with Gasteiger partial charge in [-0.1, -0.05) is 54.6 Å². The van der Waals surface area contributed by atoms with Gasteiger partial charge in [-0.2, -0.15) is 0 Å². The molecule has 0 aliphatic rings. The fourth-order valence-electron chi connectivity index (χ4n) is 3.94. The molecule has 0 fully saturated rings. The Kier molecular flexibility index (Phi) is 9.80. The first-order chi connectivity index (χ1) is 17.8. The van der Waals surface area contributed by atoms with Crippen molar-refractivity contribution in [1.82, 2.24) is 10.6 Å². The molecule has 0 aliphatic heterocycles. The number of carbonyl (C=O) groups excluding carboxylic acids is 2. The van der Waals surface area contributed by atoms with Crippen molar-refractivity contribution in [2.75, 3.05) is 13.7 Å². The second-order valence-electron chi connectivity index (χ2n) is 8.80. The van der Waals surface area contributed by atoms with E-state index in [9.17, 15) is 19.5 Å². The van der Waals surface area contributed by atoms with Gasteiger partial charge in [0, 0.05) is 0 Å². The number of unbranched alkanes of at least 4 members (excludes halogenated alkanes) is 1. The normalized spacial score (nSPS) is 13.0. The zero-order chi connectivity index (χ0) is 26.8. The number of carbonyl (C=O) groups is 3. The molecule has 8 heteroatoms. The van der Waals surface area contributed by atoms with E-state index in [1.807, 2.05) is 42.5 Å². The first-order valence-electron chi connectivity index (χ1n) is 12.2. The lowest BCUT2D eigenvalue weighted by Gasteiger charge is -2.21. The van der Waals surface area contributed by atoms with Crippen molar-refractivity contribution < 1.29 is 24.2 Å². The van der Waals surface area contributed by atoms with Gasteiger partial charge in [-0.15, -0.1) is 0 Å². The molecule has 0 aromatic heterocycles. The Morgan fingerprint density at radius 3 is 2.35 bits per heavy atom. The number of hydrogen-bond acceptors (Lipinski definition) is 5. The van der Waals surface area contributed by atoms with Crippen LogP contribution in [0.25, 0.3) is 16.8 Å². The lowest BCUT2D eigenvalue weighted by Crippen LogP contribution is -2.48. The van der Waals surface area contributed by atoms with Crippen LogP contribution in [0.5, 0.6) is 5.75 Å². The Balaban J connectivity index is 1.76. The van der Waals surface area contributed by atoms with Gasteiger partial charge < -0.3 is 26.2 Å². The smallest absolute Gasteiger partial charge is 0.352 e. The molecule has 2 amide bonds. The highest BCUT2D eigenvalue weighted by molar-refractivity contribution is 5.99. The predicted octanol–water partition coefficient (Wildman–Crippen LogP) is 3.81. The average Bonchev–Trinajstić information content (AvgIpc) is 2.91. The van der Waals surface area contributed by atoms with Crippen LogP contribution in [0.3, 0.4) is 0 Å². The molecule has 0 spiro atoms. The summed E-state index contributed by atoms with van der Waals surface area (Å²) in [7, 11) is 1.61. The number of ether oxygens (including phenoxy) is 1. The first kappa shape index (κ1) is 27.4. The number of carboxylic acids is 1. The van der Waals surface area contributed by atoms with E-state index in [0.717, 1.165) is 22.1 Å². The van der Waals surface area contributed by atoms with Gasteiger partial charge >= 0.3 is 5.97 Å². The summed E-state index contributed by atoms with van der Waals surface area (Å²) >= 11 is 0. The molecule has 0 heterocycles. The number of amides is 2. The summed E-state index contributed by atoms with van der Waals surface area (Å²) in [4.78, 5) is 38.1. The summed E-state index contributed by atoms with van der Waals surface area (Å²) in [6, 6.07) is 19.4. The van der Waals surface area contributed by atoms with Crippen LogP contribution in [0.1, 0.15) is 43.2 Å². The van der Waals surface area contributed by atoms with Crippen LogP contribution in [0.2, 0.25) is 0 Å². The highest BCUT2D eigenvalue weighted by Crippen LogP contribution is 2.25. The third kappa shape index (κ3) is 7.65. The van der Waals surface area contributed by atoms with Gasteiger partial charge in [0.25, 0.3) is 0 Å². The maximum atomic E-state index is 13.2. The molecule has 0 unspecified atom stereocenters. The molecule has 2 atom stereocenters. The number of carboxylic acid groups (broad SMARTS) is 1. The molecule has 194 valence electrons. The van der Waals surface area contributed by atoms with Crippen LogP contribution in [-0.4, -0.2) is 42.6 Å². The average molecular weight is 504 g/mol. The number of nitrogens with one attached hydrogen (secondary N) is 2. The molecule has 5 N–H and O–H groups in total. The Morgan fingerprint density at radius 2 is 1.68 bits per heavy atom. The number of fused-ring (bicyclic) bond motifs is 1. The zero-order valence-electron chi connectivity index (χ0n) is 21.1. The van der Waals surface area contributed by atoms with Crippen LogP contribution in [0, 0.1) is 0 Å². The summed E-state index contributed by atoms with van der Waals surface area (Å²) in [6.45, 7) is 2.22. The molecule has 0 radical (unpaired) electrons. The van der Waals surface area contributed by atoms with E-state index in [0.29, 0.717) is 31.4 Å². The Bertz CT molecular complexity index is 1270. The third-order valence-corrected chi connectivity index (χ3v) is 6.14. The standard InChI is InChI=1S/C29H33N3O5/c1-19(21-11-12-23-18-24(37-2)14-13-22(23)17-21)27(33)31-25(10-6-7-15-30)28(34)32-26(29(35)36)16-20-8-4-3-5-9-20/h3-5,8-9,11-14,16-19,25H,6-7,10,15,30H2,1-2H3,(H,31,33)(H,32,34)(H,35,36)/b26-16-/t19-,25-/m0/s1. The van der Waals surface area contributed by atoms with Gasteiger partial charge in [-0.05, 0) is 72.8 Å². The Hall–Kier alpha value is -4.17. The Morgan fingerprint density at radius 1 is 0.973 bits per heavy atom. The number of methoxy groups -OCH3 is 1. The van der Waals surface area contributed by atoms with Crippen molar-refractivity contribution in [2.24, 2.45) is 5.73 Å². The van der Waals surface area contributed by atoms with Crippen LogP contribution in [0.4, 0.5) is 0 Å². The minimum Gasteiger partial charge on any atom is -0.497 e. The highest BCUT2D eigenvalue weighted by Gasteiger charge is 2.26. The number of benzene rings is 3. The highest BCUT2D eigenvalue weighted by atomic mass is 16.5. The van der Waals surface area contributed by atoms with Crippen molar-refractivity contribution in [3.05, 3.63) is 83.6 Å². The minimum atomic E-state index is -1.27. The summed E-state index contributed by atoms with van der Waals surface area (Å²) in [5, 5.41) is 16.9. The van der Waals surface area contributed by atoms with Crippen molar-refractivity contribution in [1.29, 1.82) is 0 Å². The number of aliphatic carboxylic acids is 1. The second kappa shape index (κ2) is 13.2. The molecule has 0 aliphatic carbocycles. The SMILES string of the molecule is COc1ccc2cc([C@H](C)C(=O)N[C@@H](CCCCN)C(=O)N/C(=C\c3ccccc3)C(=O)O)ccc2c1. The summed E-state index contributed by atoms with van der Waals surface area (Å²) in [6.07, 6.45) is 2.99. The molecule has 0 saturated carbocycles. The maximum absolute atomic E-state index is 13.2. The molecule has 0 saturated heterocycles. The van der Waals surface area contributed by atoms with Crippen LogP contribution in [0.15, 0.2) is 72.4 Å². The van der Waals surface area contributed by atoms with E-state index >= 15 is 0 Å². The van der Waals surface area contributed by atoms with Crippen molar-refractivity contribution >= 4 is 34.6 Å². The molecule has 37 heavy (non-hydrogen) atoms. The van der Waals surface area contributed by atoms with Gasteiger partial charge in [0.15, 0.2) is 0 Å². The number of rotatable bonds is 12. The minimum absolute atomic E-state index is 0.271. The lowest BCUT2D eigenvalue weighted by atomic mass is 9.96. The molecule has 3 aromatic rings. The largest absolute Gasteiger partial charge is 0.497 e. The summed E-state index contributed by atoms with van der Waals surface area (Å²) < 4.78 is 5.27. The van der Waals surface area contributed by atoms with E-state index in [2.05, 4.69) is 10.6 Å². The molecular weight excluding hydrogens is 470 g/mol. The molecule has 3 aromatic carbocycles. The van der Waals surface area contributed by atoms with Crippen LogP contribution < -0.4 is 21.1 Å². The zero-order valence-corrected chi connectivity index (χ0v) is 21.1. The molecular formula is C29H33N3O5. The topological polar surface area (TPSA) is 131 Å². The van der Waals surface area contributed by atoms with Gasteiger partial charge in [0.2, 0.25) is 11.8 Å². The fourth-order valence-corrected chi connectivity index (χ4v) is 3.94. The van der Waals surface area contributed by atoms with Crippen LogP contribution in [-0.2, 0) is 14.4 Å². The van der Waals surface area contributed by atoms with Crippen LogP contribution >= 0.6 is 0 Å². The van der Waals surface area contributed by atoms with E-state index < -0.39 is 23.8 Å². The summed E-state index contributed by atoms with van der Waals surface area (Å²) in [5.41, 5.74) is 6.76. The van der Waals surface area contributed by atoms with Crippen molar-refractivity contribution in [3.8, 4) is 5.75 Å². The van der Waals surface area contributed by atoms with E-state index in [1.54, 1.807) is 38.3 Å². The van der Waals surface area contributed by atoms with Gasteiger partial charge in [-0.3, -0.25) is 9.59 Å². The maximum Gasteiger partial charge on any atom is 0.352 e. The summed E-state index contributed by atoms with van der Waals surface area (Å²) in [5.74, 6) is -1.97. The quantitative estimate of drug-likeness (QED) is 0.220. The first-order valence-corrected chi connectivity index (χ1v) is 12.2. The molecule has 0 bridgehead atoms. The van der Waals surface area contributed by atoms with Crippen molar-refractivity contribution in [2.45, 2.75) is 38.1 Å². The van der Waals surface area contributed by atoms with E-state index in [1.165, 1.54) is 6.08 Å². The predicted molar refractivity (Wildman–Crippen MR) is 144 cm³/mol. The van der Waals surface area contributed by atoms with E-state index in [-0.39, 0.29) is 11.6 Å². The lowest BCUT2D eigenvalue weighted by molar-refractivity contribution is -0.135. The third-order valence-electron chi connectivity index (χ3n) is 6.14. The second-order valence-corrected chi connectivity index (χ2v) is 8.80. The number of hydrogen-bond donors (Lipinski definition) is 4.